The van der Waals surface area contributed by atoms with Crippen LogP contribution in [0.5, 0.6) is 11.6 Å². The second-order valence-electron chi connectivity index (χ2n) is 10.7. The van der Waals surface area contributed by atoms with Crippen LogP contribution in [0.25, 0.3) is 32.5 Å². The van der Waals surface area contributed by atoms with Crippen LogP contribution >= 0.6 is 11.3 Å². The van der Waals surface area contributed by atoms with E-state index in [1.165, 1.54) is 11.3 Å². The summed E-state index contributed by atoms with van der Waals surface area (Å²) in [6.45, 7) is 7.78. The molecule has 0 saturated heterocycles. The van der Waals surface area contributed by atoms with Crippen molar-refractivity contribution in [2.75, 3.05) is 26.1 Å². The average Bonchev–Trinajstić information content (AvgIpc) is 3.45. The van der Waals surface area contributed by atoms with Gasteiger partial charge in [-0.3, -0.25) is 9.59 Å². The summed E-state index contributed by atoms with van der Waals surface area (Å²) in [5.74, 6) is -1.18. The van der Waals surface area contributed by atoms with Gasteiger partial charge in [0.1, 0.15) is 22.9 Å². The van der Waals surface area contributed by atoms with Gasteiger partial charge in [-0.2, -0.15) is 4.98 Å². The minimum absolute atomic E-state index is 0.260. The van der Waals surface area contributed by atoms with Gasteiger partial charge >= 0.3 is 5.97 Å². The summed E-state index contributed by atoms with van der Waals surface area (Å²) in [4.78, 5) is 37.5. The van der Waals surface area contributed by atoms with Crippen LogP contribution in [0.3, 0.4) is 0 Å². The number of nitrogens with zero attached hydrogens (tertiary/aromatic N) is 4. The number of carbonyl (C=O) groups is 2. The number of thiazole rings is 1. The van der Waals surface area contributed by atoms with Gasteiger partial charge in [-0.1, -0.05) is 19.6 Å². The standard InChI is InChI=1S/C26H31N5O6SSi/c1-35-20-19(25(36-2)30-22-21(20)38-12-27-22)17-11-31(13-37-8-9-39(3,4)5)23-14(17)6-7-18(28-23)29-24(32)15-10-16(15)26(33)34/h6-7,11-12,15-16H,8-10,13H2,1-5H3,(H,33,34)(H,28,29,32). The zero-order chi connectivity index (χ0) is 27.9. The number of anilines is 1. The van der Waals surface area contributed by atoms with E-state index in [0.717, 1.165) is 21.7 Å². The van der Waals surface area contributed by atoms with Crippen molar-refractivity contribution in [1.82, 2.24) is 19.5 Å². The summed E-state index contributed by atoms with van der Waals surface area (Å²) in [7, 11) is 1.88. The van der Waals surface area contributed by atoms with Gasteiger partial charge in [0, 0.05) is 31.8 Å². The summed E-state index contributed by atoms with van der Waals surface area (Å²) < 4.78 is 20.2. The Morgan fingerprint density at radius 2 is 1.97 bits per heavy atom. The molecule has 13 heteroatoms. The maximum Gasteiger partial charge on any atom is 0.307 e. The van der Waals surface area contributed by atoms with Crippen LogP contribution in [0.15, 0.2) is 23.8 Å². The number of fused-ring (bicyclic) bond motifs is 2. The molecule has 0 spiro atoms. The Morgan fingerprint density at radius 3 is 2.64 bits per heavy atom. The molecule has 4 heterocycles. The molecule has 1 saturated carbocycles. The van der Waals surface area contributed by atoms with Crippen molar-refractivity contribution < 1.29 is 28.9 Å². The monoisotopic (exact) mass is 569 g/mol. The van der Waals surface area contributed by atoms with Crippen molar-refractivity contribution in [2.24, 2.45) is 11.8 Å². The fourth-order valence-electron chi connectivity index (χ4n) is 4.47. The third-order valence-corrected chi connectivity index (χ3v) is 9.23. The maximum atomic E-state index is 12.6. The lowest BCUT2D eigenvalue weighted by atomic mass is 10.1. The Hall–Kier alpha value is -3.55. The third kappa shape index (κ3) is 5.47. The van der Waals surface area contributed by atoms with Crippen molar-refractivity contribution in [3.05, 3.63) is 23.8 Å². The molecule has 39 heavy (non-hydrogen) atoms. The fraction of sp³-hybridized carbons (Fsp3) is 0.423. The van der Waals surface area contributed by atoms with E-state index in [2.05, 4.69) is 34.9 Å². The predicted molar refractivity (Wildman–Crippen MR) is 151 cm³/mol. The molecule has 0 aromatic carbocycles. The lowest BCUT2D eigenvalue weighted by Crippen LogP contribution is -2.22. The van der Waals surface area contributed by atoms with Crippen LogP contribution in [-0.2, 0) is 21.1 Å². The predicted octanol–water partition coefficient (Wildman–Crippen LogP) is 4.70. The van der Waals surface area contributed by atoms with Crippen molar-refractivity contribution in [3.63, 3.8) is 0 Å². The van der Waals surface area contributed by atoms with E-state index in [1.807, 2.05) is 16.8 Å². The number of aliphatic carboxylic acids is 1. The topological polar surface area (TPSA) is 138 Å². The maximum absolute atomic E-state index is 12.6. The van der Waals surface area contributed by atoms with E-state index < -0.39 is 25.9 Å². The molecular formula is C26H31N5O6SSi. The van der Waals surface area contributed by atoms with E-state index >= 15 is 0 Å². The second kappa shape index (κ2) is 10.5. The summed E-state index contributed by atoms with van der Waals surface area (Å²) in [6.07, 6.45) is 2.26. The zero-order valence-electron chi connectivity index (χ0n) is 22.5. The number of methoxy groups -OCH3 is 2. The van der Waals surface area contributed by atoms with Crippen LogP contribution < -0.4 is 14.8 Å². The first kappa shape index (κ1) is 27.0. The number of carboxylic acid groups (broad SMARTS) is 1. The van der Waals surface area contributed by atoms with Gasteiger partial charge in [0.05, 0.1) is 37.1 Å². The highest BCUT2D eigenvalue weighted by molar-refractivity contribution is 7.17. The van der Waals surface area contributed by atoms with Gasteiger partial charge in [-0.25, -0.2) is 9.97 Å². The number of pyridine rings is 2. The Balaban J connectivity index is 1.56. The van der Waals surface area contributed by atoms with Crippen LogP contribution in [0.2, 0.25) is 25.7 Å². The Labute approximate surface area is 230 Å². The zero-order valence-corrected chi connectivity index (χ0v) is 24.3. The minimum atomic E-state index is -1.27. The van der Waals surface area contributed by atoms with Crippen molar-refractivity contribution >= 4 is 58.5 Å². The molecule has 1 fully saturated rings. The number of aromatic nitrogens is 4. The van der Waals surface area contributed by atoms with E-state index in [9.17, 15) is 14.7 Å². The van der Waals surface area contributed by atoms with Crippen LogP contribution in [-0.4, -0.2) is 65.4 Å². The number of hydrogen-bond donors (Lipinski definition) is 2. The first-order valence-corrected chi connectivity index (χ1v) is 17.2. The summed E-state index contributed by atoms with van der Waals surface area (Å²) in [5.41, 5.74) is 4.30. The lowest BCUT2D eigenvalue weighted by molar-refractivity contribution is -0.139. The molecule has 0 radical (unpaired) electrons. The van der Waals surface area contributed by atoms with Crippen LogP contribution in [0, 0.1) is 11.8 Å². The smallest absolute Gasteiger partial charge is 0.307 e. The highest BCUT2D eigenvalue weighted by Gasteiger charge is 2.48. The largest absolute Gasteiger partial charge is 0.494 e. The van der Waals surface area contributed by atoms with Crippen molar-refractivity contribution in [3.8, 4) is 22.8 Å². The molecule has 4 aromatic heterocycles. The molecule has 2 atom stereocenters. The Kier molecular flexibility index (Phi) is 7.31. The number of ether oxygens (including phenoxy) is 3. The lowest BCUT2D eigenvalue weighted by Gasteiger charge is -2.15. The summed E-state index contributed by atoms with van der Waals surface area (Å²) in [5, 5.41) is 12.7. The Bertz CT molecular complexity index is 1560. The van der Waals surface area contributed by atoms with E-state index in [0.29, 0.717) is 47.3 Å². The summed E-state index contributed by atoms with van der Waals surface area (Å²) in [6, 6.07) is 4.59. The second-order valence-corrected chi connectivity index (χ2v) is 17.2. The first-order chi connectivity index (χ1) is 18.6. The van der Waals surface area contributed by atoms with Crippen LogP contribution in [0.1, 0.15) is 6.42 Å². The van der Waals surface area contributed by atoms with Gasteiger partial charge in [-0.05, 0) is 24.6 Å². The highest BCUT2D eigenvalue weighted by Crippen LogP contribution is 2.46. The van der Waals surface area contributed by atoms with Crippen molar-refractivity contribution in [2.45, 2.75) is 38.8 Å². The number of nitrogens with one attached hydrogen (secondary N) is 1. The molecule has 1 amide bonds. The molecule has 206 valence electrons. The molecule has 1 aliphatic carbocycles. The molecule has 5 rings (SSSR count). The average molecular weight is 570 g/mol. The molecule has 0 bridgehead atoms. The molecule has 11 nitrogen and oxygen atoms in total. The van der Waals surface area contributed by atoms with Crippen molar-refractivity contribution in [1.29, 1.82) is 0 Å². The number of hydrogen-bond acceptors (Lipinski definition) is 9. The molecule has 0 aliphatic heterocycles. The Morgan fingerprint density at radius 1 is 1.18 bits per heavy atom. The fourth-order valence-corrected chi connectivity index (χ4v) is 5.98. The number of carboxylic acids is 1. The van der Waals surface area contributed by atoms with E-state index in [1.54, 1.807) is 25.8 Å². The quantitative estimate of drug-likeness (QED) is 0.194. The highest BCUT2D eigenvalue weighted by atomic mass is 32.1. The number of amides is 1. The van der Waals surface area contributed by atoms with Gasteiger partial charge in [0.25, 0.3) is 0 Å². The number of carbonyl (C=O) groups excluding carboxylic acids is 1. The van der Waals surface area contributed by atoms with Gasteiger partial charge in [0.2, 0.25) is 11.8 Å². The molecule has 2 N–H and O–H groups in total. The van der Waals surface area contributed by atoms with Gasteiger partial charge in [-0.15, -0.1) is 11.3 Å². The van der Waals surface area contributed by atoms with E-state index in [4.69, 9.17) is 19.2 Å². The van der Waals surface area contributed by atoms with Gasteiger partial charge < -0.3 is 29.2 Å². The van der Waals surface area contributed by atoms with E-state index in [-0.39, 0.29) is 12.6 Å². The third-order valence-electron chi connectivity index (χ3n) is 6.71. The normalized spacial score (nSPS) is 16.9. The van der Waals surface area contributed by atoms with Gasteiger partial charge in [0.15, 0.2) is 11.4 Å². The number of rotatable bonds is 11. The molecule has 2 unspecified atom stereocenters. The SMILES string of the molecule is COc1nc2ncsc2c(OC)c1-c1cn(COCC[Si](C)(C)C)c2nc(NC(=O)C3CC3C(=O)O)ccc12. The van der Waals surface area contributed by atoms with Crippen LogP contribution in [0.4, 0.5) is 5.82 Å². The molecule has 4 aromatic rings. The minimum Gasteiger partial charge on any atom is -0.494 e. The molecular weight excluding hydrogens is 538 g/mol. The molecule has 1 aliphatic rings. The summed E-state index contributed by atoms with van der Waals surface area (Å²) >= 11 is 1.43. The first-order valence-electron chi connectivity index (χ1n) is 12.6.